The lowest BCUT2D eigenvalue weighted by molar-refractivity contribution is -0.127. The zero-order valence-corrected chi connectivity index (χ0v) is 13.1. The zero-order valence-electron chi connectivity index (χ0n) is 11.5. The van der Waals surface area contributed by atoms with Crippen LogP contribution >= 0.6 is 10.7 Å². The van der Waals surface area contributed by atoms with Gasteiger partial charge in [-0.1, -0.05) is 13.3 Å². The van der Waals surface area contributed by atoms with Gasteiger partial charge in [-0.05, 0) is 36.1 Å². The predicted octanol–water partition coefficient (Wildman–Crippen LogP) is 1.83. The Morgan fingerprint density at radius 1 is 1.48 bits per heavy atom. The van der Waals surface area contributed by atoms with Crippen LogP contribution in [0.1, 0.15) is 25.3 Å². The lowest BCUT2D eigenvalue weighted by Gasteiger charge is -2.11. The lowest BCUT2D eigenvalue weighted by atomic mass is 10.1. The molecule has 1 aliphatic carbocycles. The van der Waals surface area contributed by atoms with Crippen molar-refractivity contribution in [3.8, 4) is 5.75 Å². The Bertz CT molecular complexity index is 688. The molecule has 1 aromatic rings. The van der Waals surface area contributed by atoms with Gasteiger partial charge in [-0.25, -0.2) is 8.42 Å². The first-order chi connectivity index (χ1) is 9.88. The smallest absolute Gasteiger partial charge is 0.261 e. The molecular weight excluding hydrogens is 314 g/mol. The van der Waals surface area contributed by atoms with Crippen molar-refractivity contribution in [1.82, 2.24) is 5.32 Å². The van der Waals surface area contributed by atoms with Crippen LogP contribution in [0.3, 0.4) is 0 Å². The first-order valence-corrected chi connectivity index (χ1v) is 9.24. The average Bonchev–Trinajstić information content (AvgIpc) is 3.02. The maximum atomic E-state index is 12.1. The topological polar surface area (TPSA) is 72.5 Å². The van der Waals surface area contributed by atoms with Crippen molar-refractivity contribution in [3.05, 3.63) is 23.8 Å². The van der Waals surface area contributed by atoms with Crippen molar-refractivity contribution in [2.75, 3.05) is 0 Å². The van der Waals surface area contributed by atoms with Crippen molar-refractivity contribution in [3.63, 3.8) is 0 Å². The largest absolute Gasteiger partial charge is 0.480 e. The fourth-order valence-electron chi connectivity index (χ4n) is 2.67. The number of rotatable bonds is 4. The summed E-state index contributed by atoms with van der Waals surface area (Å²) in [4.78, 5) is 12.2. The average molecular weight is 330 g/mol. The Balaban J connectivity index is 1.68. The molecule has 3 unspecified atom stereocenters. The Morgan fingerprint density at radius 2 is 2.24 bits per heavy atom. The third-order valence-electron chi connectivity index (χ3n) is 4.06. The van der Waals surface area contributed by atoms with Crippen LogP contribution in [0.5, 0.6) is 5.75 Å². The van der Waals surface area contributed by atoms with E-state index in [9.17, 15) is 13.2 Å². The third-order valence-corrected chi connectivity index (χ3v) is 5.41. The van der Waals surface area contributed by atoms with E-state index < -0.39 is 15.2 Å². The van der Waals surface area contributed by atoms with Crippen molar-refractivity contribution >= 4 is 25.6 Å². The Morgan fingerprint density at radius 3 is 2.86 bits per heavy atom. The molecule has 3 rings (SSSR count). The van der Waals surface area contributed by atoms with E-state index >= 15 is 0 Å². The second kappa shape index (κ2) is 5.18. The van der Waals surface area contributed by atoms with E-state index in [4.69, 9.17) is 15.4 Å². The van der Waals surface area contributed by atoms with Gasteiger partial charge in [0.2, 0.25) is 0 Å². The fraction of sp³-hybridized carbons (Fsp3) is 0.500. The predicted molar refractivity (Wildman–Crippen MR) is 77.9 cm³/mol. The van der Waals surface area contributed by atoms with Gasteiger partial charge in [0.25, 0.3) is 15.0 Å². The van der Waals surface area contributed by atoms with Gasteiger partial charge in [-0.2, -0.15) is 0 Å². The second-order valence-electron chi connectivity index (χ2n) is 5.54. The molecule has 0 bridgehead atoms. The van der Waals surface area contributed by atoms with Crippen LogP contribution in [0.2, 0.25) is 0 Å². The molecule has 3 atom stereocenters. The van der Waals surface area contributed by atoms with Gasteiger partial charge >= 0.3 is 0 Å². The van der Waals surface area contributed by atoms with E-state index in [-0.39, 0.29) is 16.8 Å². The summed E-state index contributed by atoms with van der Waals surface area (Å²) in [6, 6.07) is 4.66. The van der Waals surface area contributed by atoms with Crippen molar-refractivity contribution < 1.29 is 17.9 Å². The molecule has 114 valence electrons. The van der Waals surface area contributed by atoms with Crippen LogP contribution in [0, 0.1) is 5.92 Å². The summed E-state index contributed by atoms with van der Waals surface area (Å²) < 4.78 is 28.2. The van der Waals surface area contributed by atoms with Gasteiger partial charge in [0.1, 0.15) is 5.75 Å². The molecule has 0 saturated heterocycles. The highest BCUT2D eigenvalue weighted by molar-refractivity contribution is 8.13. The summed E-state index contributed by atoms with van der Waals surface area (Å²) in [6.07, 6.45) is 1.86. The number of nitrogens with one attached hydrogen (secondary N) is 1. The number of fused-ring (bicyclic) bond motifs is 1. The molecule has 0 aromatic heterocycles. The summed E-state index contributed by atoms with van der Waals surface area (Å²) in [5, 5.41) is 2.97. The summed E-state index contributed by atoms with van der Waals surface area (Å²) >= 11 is 0. The van der Waals surface area contributed by atoms with Gasteiger partial charge < -0.3 is 10.1 Å². The lowest BCUT2D eigenvalue weighted by Crippen LogP contribution is -2.39. The number of halogens is 1. The van der Waals surface area contributed by atoms with Crippen LogP contribution in [-0.4, -0.2) is 26.5 Å². The highest BCUT2D eigenvalue weighted by atomic mass is 35.7. The number of ether oxygens (including phenoxy) is 1. The molecule has 1 N–H and O–H groups in total. The molecule has 21 heavy (non-hydrogen) atoms. The molecule has 1 fully saturated rings. The minimum Gasteiger partial charge on any atom is -0.480 e. The summed E-state index contributed by atoms with van der Waals surface area (Å²) in [5.41, 5.74) is 0.694. The summed E-state index contributed by atoms with van der Waals surface area (Å²) in [6.45, 7) is 2.10. The molecule has 1 aromatic carbocycles. The van der Waals surface area contributed by atoms with E-state index in [1.165, 1.54) is 12.1 Å². The van der Waals surface area contributed by atoms with E-state index in [1.54, 1.807) is 6.07 Å². The Labute approximate surface area is 128 Å². The zero-order chi connectivity index (χ0) is 15.2. The minimum atomic E-state index is -3.77. The normalized spacial score (nSPS) is 26.9. The molecular formula is C14H16ClNO4S. The van der Waals surface area contributed by atoms with Gasteiger partial charge in [-0.15, -0.1) is 0 Å². The Hall–Kier alpha value is -1.27. The summed E-state index contributed by atoms with van der Waals surface area (Å²) in [5.74, 6) is 0.982. The minimum absolute atomic E-state index is 0.0285. The molecule has 0 radical (unpaired) electrons. The first-order valence-electron chi connectivity index (χ1n) is 6.93. The van der Waals surface area contributed by atoms with Crippen molar-refractivity contribution in [1.29, 1.82) is 0 Å². The van der Waals surface area contributed by atoms with E-state index in [0.29, 0.717) is 23.7 Å². The molecule has 1 heterocycles. The molecule has 1 aliphatic heterocycles. The van der Waals surface area contributed by atoms with Gasteiger partial charge in [0.05, 0.1) is 4.90 Å². The molecule has 1 saturated carbocycles. The van der Waals surface area contributed by atoms with Crippen LogP contribution in [0.25, 0.3) is 0 Å². The van der Waals surface area contributed by atoms with Crippen LogP contribution < -0.4 is 10.1 Å². The Kier molecular flexibility index (Phi) is 3.61. The quantitative estimate of drug-likeness (QED) is 0.855. The SMILES string of the molecule is CCC1CC1NC(=O)C1Cc2cc(S(=O)(=O)Cl)ccc2O1. The number of benzene rings is 1. The number of carbonyl (C=O) groups is 1. The van der Waals surface area contributed by atoms with Crippen LogP contribution in [0.15, 0.2) is 23.1 Å². The maximum absolute atomic E-state index is 12.1. The number of carbonyl (C=O) groups excluding carboxylic acids is 1. The second-order valence-corrected chi connectivity index (χ2v) is 8.10. The molecule has 7 heteroatoms. The maximum Gasteiger partial charge on any atom is 0.261 e. The van der Waals surface area contributed by atoms with Gasteiger partial charge in [0.15, 0.2) is 6.10 Å². The van der Waals surface area contributed by atoms with E-state index in [0.717, 1.165) is 12.8 Å². The van der Waals surface area contributed by atoms with Gasteiger partial charge in [-0.3, -0.25) is 4.79 Å². The van der Waals surface area contributed by atoms with Crippen LogP contribution in [0.4, 0.5) is 0 Å². The van der Waals surface area contributed by atoms with Gasteiger partial charge in [0, 0.05) is 23.1 Å². The number of amides is 1. The molecule has 0 spiro atoms. The van der Waals surface area contributed by atoms with E-state index in [1.807, 2.05) is 0 Å². The highest BCUT2D eigenvalue weighted by Gasteiger charge is 2.39. The van der Waals surface area contributed by atoms with Crippen molar-refractivity contribution in [2.45, 2.75) is 43.2 Å². The molecule has 1 amide bonds. The highest BCUT2D eigenvalue weighted by Crippen LogP contribution is 2.35. The third kappa shape index (κ3) is 3.01. The molecule has 2 aliphatic rings. The van der Waals surface area contributed by atoms with Crippen molar-refractivity contribution in [2.24, 2.45) is 5.92 Å². The number of hydrogen-bond donors (Lipinski definition) is 1. The standard InChI is InChI=1S/C14H16ClNO4S/c1-2-8-6-11(8)16-14(17)13-7-9-5-10(21(15,18)19)3-4-12(9)20-13/h3-5,8,11,13H,2,6-7H2,1H3,(H,16,17). The summed E-state index contributed by atoms with van der Waals surface area (Å²) in [7, 11) is 1.55. The fourth-order valence-corrected chi connectivity index (χ4v) is 3.48. The monoisotopic (exact) mass is 329 g/mol. The van der Waals surface area contributed by atoms with Crippen LogP contribution in [-0.2, 0) is 20.3 Å². The number of hydrogen-bond acceptors (Lipinski definition) is 4. The first kappa shape index (κ1) is 14.7. The molecule has 5 nitrogen and oxygen atoms in total. The van der Waals surface area contributed by atoms with E-state index in [2.05, 4.69) is 12.2 Å².